The highest BCUT2D eigenvalue weighted by molar-refractivity contribution is 14.1. The summed E-state index contributed by atoms with van der Waals surface area (Å²) in [6.07, 6.45) is 1.30. The van der Waals surface area contributed by atoms with E-state index in [-0.39, 0.29) is 12.4 Å². The second kappa shape index (κ2) is 8.37. The molecule has 5 nitrogen and oxygen atoms in total. The number of hydrazone groups is 1. The van der Waals surface area contributed by atoms with Crippen LogP contribution in [0.2, 0.25) is 10.0 Å². The minimum absolute atomic E-state index is 0.0133. The Balaban J connectivity index is 1.87. The minimum Gasteiger partial charge on any atom is -0.507 e. The molecule has 2 aromatic rings. The van der Waals surface area contributed by atoms with Gasteiger partial charge >= 0.3 is 0 Å². The summed E-state index contributed by atoms with van der Waals surface area (Å²) in [4.78, 5) is 11.7. The summed E-state index contributed by atoms with van der Waals surface area (Å²) in [6, 6.07) is 9.61. The molecule has 0 aliphatic rings. The van der Waals surface area contributed by atoms with Gasteiger partial charge in [-0.05, 0) is 59.0 Å². The molecule has 0 saturated heterocycles. The number of carbonyl (C=O) groups is 1. The molecular formula is C15H11Cl2IN2O3. The van der Waals surface area contributed by atoms with Crippen LogP contribution in [0.25, 0.3) is 0 Å². The molecule has 0 atom stereocenters. The van der Waals surface area contributed by atoms with Crippen molar-refractivity contribution in [3.05, 3.63) is 55.6 Å². The van der Waals surface area contributed by atoms with Crippen molar-refractivity contribution in [2.45, 2.75) is 0 Å². The number of phenolic OH excluding ortho intramolecular Hbond substituents is 1. The molecule has 0 radical (unpaired) electrons. The minimum atomic E-state index is -0.437. The Bertz CT molecular complexity index is 753. The van der Waals surface area contributed by atoms with Gasteiger partial charge < -0.3 is 9.84 Å². The Morgan fingerprint density at radius 1 is 1.26 bits per heavy atom. The predicted octanol–water partition coefficient (Wildman–Crippen LogP) is 3.83. The maximum atomic E-state index is 11.7. The number of rotatable bonds is 5. The van der Waals surface area contributed by atoms with Crippen LogP contribution in [-0.4, -0.2) is 23.8 Å². The zero-order valence-electron chi connectivity index (χ0n) is 11.6. The van der Waals surface area contributed by atoms with Crippen LogP contribution in [0.15, 0.2) is 41.5 Å². The molecule has 8 heteroatoms. The number of benzene rings is 2. The molecule has 0 heterocycles. The zero-order chi connectivity index (χ0) is 16.8. The normalized spacial score (nSPS) is 10.7. The molecule has 0 fully saturated rings. The molecular weight excluding hydrogens is 454 g/mol. The van der Waals surface area contributed by atoms with Crippen LogP contribution in [0.5, 0.6) is 11.5 Å². The van der Waals surface area contributed by atoms with E-state index in [1.165, 1.54) is 18.3 Å². The second-order valence-corrected chi connectivity index (χ2v) is 6.39. The van der Waals surface area contributed by atoms with E-state index in [0.717, 1.165) is 3.57 Å². The maximum absolute atomic E-state index is 11.7. The number of hydrogen-bond acceptors (Lipinski definition) is 4. The highest BCUT2D eigenvalue weighted by atomic mass is 127. The fourth-order valence-electron chi connectivity index (χ4n) is 1.57. The average Bonchev–Trinajstić information content (AvgIpc) is 2.50. The van der Waals surface area contributed by atoms with Gasteiger partial charge in [0.1, 0.15) is 11.5 Å². The van der Waals surface area contributed by atoms with Crippen molar-refractivity contribution in [2.75, 3.05) is 6.61 Å². The Hall–Kier alpha value is -1.51. The van der Waals surface area contributed by atoms with E-state index in [9.17, 15) is 9.90 Å². The van der Waals surface area contributed by atoms with Gasteiger partial charge in [0.15, 0.2) is 6.61 Å². The molecule has 0 aliphatic heterocycles. The summed E-state index contributed by atoms with van der Waals surface area (Å²) in [6.45, 7) is -0.198. The summed E-state index contributed by atoms with van der Waals surface area (Å²) < 4.78 is 6.18. The van der Waals surface area contributed by atoms with E-state index < -0.39 is 5.91 Å². The monoisotopic (exact) mass is 464 g/mol. The highest BCUT2D eigenvalue weighted by Crippen LogP contribution is 2.24. The summed E-state index contributed by atoms with van der Waals surface area (Å²) >= 11 is 13.7. The van der Waals surface area contributed by atoms with Crippen LogP contribution in [0.3, 0.4) is 0 Å². The average molecular weight is 465 g/mol. The molecule has 2 aromatic carbocycles. The first-order chi connectivity index (χ1) is 11.0. The lowest BCUT2D eigenvalue weighted by atomic mass is 10.2. The molecule has 120 valence electrons. The largest absolute Gasteiger partial charge is 0.507 e. The van der Waals surface area contributed by atoms with E-state index in [2.05, 4.69) is 33.1 Å². The number of amides is 1. The van der Waals surface area contributed by atoms with Crippen molar-refractivity contribution >= 4 is 57.9 Å². The molecule has 0 bridgehead atoms. The number of phenols is 1. The van der Waals surface area contributed by atoms with Crippen LogP contribution < -0.4 is 10.2 Å². The Morgan fingerprint density at radius 2 is 1.96 bits per heavy atom. The molecule has 23 heavy (non-hydrogen) atoms. The topological polar surface area (TPSA) is 70.9 Å². The van der Waals surface area contributed by atoms with Crippen molar-refractivity contribution in [3.8, 4) is 11.5 Å². The summed E-state index contributed by atoms with van der Waals surface area (Å²) in [5.41, 5.74) is 2.70. The molecule has 0 spiro atoms. The van der Waals surface area contributed by atoms with Crippen LogP contribution >= 0.6 is 45.8 Å². The third kappa shape index (κ3) is 5.56. The summed E-state index contributed by atoms with van der Waals surface area (Å²) in [7, 11) is 0. The molecule has 1 amide bonds. The number of aromatic hydroxyl groups is 1. The van der Waals surface area contributed by atoms with E-state index in [4.69, 9.17) is 27.9 Å². The quantitative estimate of drug-likeness (QED) is 0.401. The van der Waals surface area contributed by atoms with Gasteiger partial charge in [0.25, 0.3) is 5.91 Å². The van der Waals surface area contributed by atoms with Crippen molar-refractivity contribution < 1.29 is 14.6 Å². The third-order valence-corrected chi connectivity index (χ3v) is 3.95. The van der Waals surface area contributed by atoms with Crippen molar-refractivity contribution in [3.63, 3.8) is 0 Å². The number of halogens is 3. The SMILES string of the molecule is O=C(COc1ccc(Cl)cc1I)N/N=C/c1cc(Cl)ccc1O. The highest BCUT2D eigenvalue weighted by Gasteiger charge is 2.05. The number of ether oxygens (including phenoxy) is 1. The number of carbonyl (C=O) groups excluding carboxylic acids is 1. The van der Waals surface area contributed by atoms with Gasteiger partial charge in [-0.2, -0.15) is 5.10 Å². The van der Waals surface area contributed by atoms with E-state index >= 15 is 0 Å². The predicted molar refractivity (Wildman–Crippen MR) is 98.5 cm³/mol. The van der Waals surface area contributed by atoms with Gasteiger partial charge in [-0.1, -0.05) is 23.2 Å². The molecule has 0 saturated carbocycles. The molecule has 0 aliphatic carbocycles. The first-order valence-electron chi connectivity index (χ1n) is 6.34. The van der Waals surface area contributed by atoms with Gasteiger partial charge in [0, 0.05) is 15.6 Å². The lowest BCUT2D eigenvalue weighted by molar-refractivity contribution is -0.123. The van der Waals surface area contributed by atoms with Gasteiger partial charge in [0.2, 0.25) is 0 Å². The van der Waals surface area contributed by atoms with Crippen molar-refractivity contribution in [1.29, 1.82) is 0 Å². The van der Waals surface area contributed by atoms with Gasteiger partial charge in [-0.25, -0.2) is 5.43 Å². The Kier molecular flexibility index (Phi) is 6.49. The first-order valence-corrected chi connectivity index (χ1v) is 8.17. The lowest BCUT2D eigenvalue weighted by Gasteiger charge is -2.07. The second-order valence-electron chi connectivity index (χ2n) is 4.36. The summed E-state index contributed by atoms with van der Waals surface area (Å²) in [5.74, 6) is 0.134. The standard InChI is InChI=1S/C15H11Cl2IN2O3/c16-10-1-3-13(21)9(5-10)7-19-20-15(22)8-23-14-4-2-11(17)6-12(14)18/h1-7,21H,8H2,(H,20,22)/b19-7+. The maximum Gasteiger partial charge on any atom is 0.277 e. The fraction of sp³-hybridized carbons (Fsp3) is 0.0667. The van der Waals surface area contributed by atoms with Crippen LogP contribution in [0.1, 0.15) is 5.56 Å². The first kappa shape index (κ1) is 17.8. The Morgan fingerprint density at radius 3 is 2.70 bits per heavy atom. The number of hydrogen-bond donors (Lipinski definition) is 2. The van der Waals surface area contributed by atoms with E-state index in [1.54, 1.807) is 24.3 Å². The van der Waals surface area contributed by atoms with Crippen molar-refractivity contribution in [2.24, 2.45) is 5.10 Å². The molecule has 2 rings (SSSR count). The molecule has 2 N–H and O–H groups in total. The molecule has 0 aromatic heterocycles. The van der Waals surface area contributed by atoms with E-state index in [0.29, 0.717) is 21.4 Å². The van der Waals surface area contributed by atoms with Gasteiger partial charge in [-0.3, -0.25) is 4.79 Å². The molecule has 0 unspecified atom stereocenters. The fourth-order valence-corrected chi connectivity index (χ4v) is 2.78. The van der Waals surface area contributed by atoms with Crippen LogP contribution in [0, 0.1) is 3.57 Å². The number of nitrogens with one attached hydrogen (secondary N) is 1. The lowest BCUT2D eigenvalue weighted by Crippen LogP contribution is -2.24. The van der Waals surface area contributed by atoms with Crippen LogP contribution in [-0.2, 0) is 4.79 Å². The zero-order valence-corrected chi connectivity index (χ0v) is 15.3. The summed E-state index contributed by atoms with van der Waals surface area (Å²) in [5, 5.41) is 14.4. The third-order valence-electron chi connectivity index (χ3n) is 2.64. The van der Waals surface area contributed by atoms with Gasteiger partial charge in [-0.15, -0.1) is 0 Å². The van der Waals surface area contributed by atoms with Crippen LogP contribution in [0.4, 0.5) is 0 Å². The smallest absolute Gasteiger partial charge is 0.277 e. The van der Waals surface area contributed by atoms with Gasteiger partial charge in [0.05, 0.1) is 9.78 Å². The van der Waals surface area contributed by atoms with Crippen molar-refractivity contribution in [1.82, 2.24) is 5.43 Å². The number of nitrogens with zero attached hydrogens (tertiary/aromatic N) is 1. The Labute approximate surface area is 156 Å². The van der Waals surface area contributed by atoms with E-state index in [1.807, 2.05) is 0 Å².